The molecule has 1 heteroatoms. The zero-order valence-corrected chi connectivity index (χ0v) is 17.8. The third-order valence-corrected chi connectivity index (χ3v) is 6.18. The second-order valence-corrected chi connectivity index (χ2v) is 8.59. The minimum absolute atomic E-state index is 0.328. The Morgan fingerprint density at radius 2 is 0.840 bits per heavy atom. The van der Waals surface area contributed by atoms with E-state index in [-0.39, 0.29) is 0 Å². The molecule has 1 rings (SSSR count). The molecule has 0 N–H and O–H groups in total. The van der Waals surface area contributed by atoms with Crippen molar-refractivity contribution >= 4 is 0 Å². The minimum atomic E-state index is 0.328. The van der Waals surface area contributed by atoms with E-state index in [0.717, 1.165) is 6.61 Å². The summed E-state index contributed by atoms with van der Waals surface area (Å²) in [5.74, 6) is 0. The van der Waals surface area contributed by atoms with Gasteiger partial charge in [0, 0.05) is 0 Å². The van der Waals surface area contributed by atoms with Crippen molar-refractivity contribution in [1.29, 1.82) is 0 Å². The van der Waals surface area contributed by atoms with Crippen molar-refractivity contribution < 1.29 is 4.74 Å². The molecule has 1 aliphatic heterocycles. The lowest BCUT2D eigenvalue weighted by molar-refractivity contribution is 0.274. The second kappa shape index (κ2) is 16.2. The van der Waals surface area contributed by atoms with Crippen LogP contribution in [0.4, 0.5) is 0 Å². The van der Waals surface area contributed by atoms with Gasteiger partial charge in [0.1, 0.15) is 0 Å². The van der Waals surface area contributed by atoms with Gasteiger partial charge in [0.25, 0.3) is 0 Å². The summed E-state index contributed by atoms with van der Waals surface area (Å²) in [6, 6.07) is 0. The third kappa shape index (κ3) is 13.8. The Hall–Kier alpha value is -0.0400. The fraction of sp³-hybridized carbons (Fsp3) is 1.00. The zero-order valence-electron chi connectivity index (χ0n) is 17.8. The molecule has 0 saturated carbocycles. The van der Waals surface area contributed by atoms with Crippen molar-refractivity contribution in [1.82, 2.24) is 0 Å². The number of hydrogen-bond acceptors (Lipinski definition) is 1. The van der Waals surface area contributed by atoms with Gasteiger partial charge in [-0.15, -0.1) is 0 Å². The molecule has 0 aromatic heterocycles. The molecule has 1 aliphatic rings. The predicted molar refractivity (Wildman–Crippen MR) is 112 cm³/mol. The Labute approximate surface area is 159 Å². The van der Waals surface area contributed by atoms with Crippen LogP contribution in [-0.4, -0.2) is 12.2 Å². The Bertz CT molecular complexity index is 269. The van der Waals surface area contributed by atoms with E-state index in [4.69, 9.17) is 4.74 Å². The standard InChI is InChI=1S/C24H48O/c1-3-5-6-7-8-9-10-11-12-13-14-15-16-17-18-19-20-21-22-24(4-2)23-25-24/h3-23H2,1-2H3. The summed E-state index contributed by atoms with van der Waals surface area (Å²) in [5, 5.41) is 0. The second-order valence-electron chi connectivity index (χ2n) is 8.59. The summed E-state index contributed by atoms with van der Waals surface area (Å²) in [4.78, 5) is 0. The van der Waals surface area contributed by atoms with Gasteiger partial charge < -0.3 is 4.74 Å². The smallest absolute Gasteiger partial charge is 0.0914 e. The zero-order chi connectivity index (χ0) is 18.1. The maximum absolute atomic E-state index is 5.58. The topological polar surface area (TPSA) is 12.5 Å². The Morgan fingerprint density at radius 1 is 0.520 bits per heavy atom. The first-order valence-electron chi connectivity index (χ1n) is 12.0. The molecule has 0 aliphatic carbocycles. The van der Waals surface area contributed by atoms with E-state index in [0.29, 0.717) is 5.60 Å². The van der Waals surface area contributed by atoms with E-state index in [2.05, 4.69) is 13.8 Å². The maximum Gasteiger partial charge on any atom is 0.0914 e. The number of epoxide rings is 1. The fourth-order valence-corrected chi connectivity index (χ4v) is 3.98. The first kappa shape index (κ1) is 23.0. The molecule has 1 fully saturated rings. The first-order chi connectivity index (χ1) is 12.3. The highest BCUT2D eigenvalue weighted by Crippen LogP contribution is 2.36. The predicted octanol–water partition coefficient (Wildman–Crippen LogP) is 8.60. The molecule has 0 bridgehead atoms. The van der Waals surface area contributed by atoms with Gasteiger partial charge in [0.2, 0.25) is 0 Å². The van der Waals surface area contributed by atoms with E-state index in [1.807, 2.05) is 0 Å². The largest absolute Gasteiger partial charge is 0.370 e. The molecule has 1 saturated heterocycles. The van der Waals surface area contributed by atoms with Crippen LogP contribution in [0, 0.1) is 0 Å². The average molecular weight is 353 g/mol. The van der Waals surface area contributed by atoms with Crippen molar-refractivity contribution in [3.8, 4) is 0 Å². The Morgan fingerprint density at radius 3 is 1.12 bits per heavy atom. The molecule has 0 radical (unpaired) electrons. The summed E-state index contributed by atoms with van der Waals surface area (Å²) in [6.45, 7) is 5.59. The van der Waals surface area contributed by atoms with Crippen molar-refractivity contribution in [3.05, 3.63) is 0 Å². The van der Waals surface area contributed by atoms with Crippen LogP contribution in [0.5, 0.6) is 0 Å². The van der Waals surface area contributed by atoms with Gasteiger partial charge in [-0.2, -0.15) is 0 Å². The lowest BCUT2D eigenvalue weighted by Gasteiger charge is -2.08. The normalized spacial score (nSPS) is 19.4. The highest BCUT2D eigenvalue weighted by Gasteiger charge is 2.41. The molecular formula is C24H48O. The summed E-state index contributed by atoms with van der Waals surface area (Å²) < 4.78 is 5.58. The summed E-state index contributed by atoms with van der Waals surface area (Å²) in [5.41, 5.74) is 0.328. The van der Waals surface area contributed by atoms with Gasteiger partial charge in [-0.1, -0.05) is 129 Å². The molecule has 25 heavy (non-hydrogen) atoms. The molecule has 1 heterocycles. The monoisotopic (exact) mass is 352 g/mol. The number of ether oxygens (including phenoxy) is 1. The number of hydrogen-bond donors (Lipinski definition) is 0. The van der Waals surface area contributed by atoms with Gasteiger partial charge in [0.05, 0.1) is 12.2 Å². The minimum Gasteiger partial charge on any atom is -0.370 e. The fourth-order valence-electron chi connectivity index (χ4n) is 3.98. The van der Waals surface area contributed by atoms with Crippen LogP contribution in [0.3, 0.4) is 0 Å². The summed E-state index contributed by atoms with van der Waals surface area (Å²) in [7, 11) is 0. The van der Waals surface area contributed by atoms with Crippen molar-refractivity contribution in [2.45, 2.75) is 148 Å². The molecule has 0 amide bonds. The van der Waals surface area contributed by atoms with Crippen LogP contribution >= 0.6 is 0 Å². The molecule has 0 aromatic carbocycles. The van der Waals surface area contributed by atoms with Gasteiger partial charge in [-0.25, -0.2) is 0 Å². The molecule has 1 nitrogen and oxygen atoms in total. The molecule has 150 valence electrons. The van der Waals surface area contributed by atoms with Gasteiger partial charge in [-0.05, 0) is 12.8 Å². The SMILES string of the molecule is CCCCCCCCCCCCCCCCCCCCC1(CC)CO1. The van der Waals surface area contributed by atoms with Gasteiger partial charge in [0.15, 0.2) is 0 Å². The van der Waals surface area contributed by atoms with Gasteiger partial charge in [-0.3, -0.25) is 0 Å². The van der Waals surface area contributed by atoms with Crippen LogP contribution in [0.2, 0.25) is 0 Å². The van der Waals surface area contributed by atoms with E-state index >= 15 is 0 Å². The highest BCUT2D eigenvalue weighted by molar-refractivity contribution is 4.90. The van der Waals surface area contributed by atoms with Crippen LogP contribution < -0.4 is 0 Å². The first-order valence-corrected chi connectivity index (χ1v) is 12.0. The van der Waals surface area contributed by atoms with Crippen LogP contribution in [0.1, 0.15) is 142 Å². The summed E-state index contributed by atoms with van der Waals surface area (Å²) >= 11 is 0. The number of unbranched alkanes of at least 4 members (excludes halogenated alkanes) is 17. The van der Waals surface area contributed by atoms with E-state index in [9.17, 15) is 0 Å². The third-order valence-electron chi connectivity index (χ3n) is 6.18. The molecular weight excluding hydrogens is 304 g/mol. The number of rotatable bonds is 20. The van der Waals surface area contributed by atoms with E-state index in [1.54, 1.807) is 0 Å². The average Bonchev–Trinajstić information content (AvgIpc) is 3.41. The van der Waals surface area contributed by atoms with Crippen molar-refractivity contribution in [3.63, 3.8) is 0 Å². The van der Waals surface area contributed by atoms with E-state index < -0.39 is 0 Å². The highest BCUT2D eigenvalue weighted by atomic mass is 16.6. The molecule has 0 aromatic rings. The Kier molecular flexibility index (Phi) is 14.9. The lowest BCUT2D eigenvalue weighted by Crippen LogP contribution is -2.08. The van der Waals surface area contributed by atoms with Crippen LogP contribution in [0.15, 0.2) is 0 Å². The quantitative estimate of drug-likeness (QED) is 0.158. The molecule has 0 spiro atoms. The van der Waals surface area contributed by atoms with E-state index in [1.165, 1.54) is 128 Å². The lowest BCUT2D eigenvalue weighted by atomic mass is 9.98. The molecule has 1 unspecified atom stereocenters. The van der Waals surface area contributed by atoms with Crippen molar-refractivity contribution in [2.24, 2.45) is 0 Å². The summed E-state index contributed by atoms with van der Waals surface area (Å²) in [6.07, 6.45) is 28.7. The molecule has 1 atom stereocenters. The maximum atomic E-state index is 5.58. The van der Waals surface area contributed by atoms with Crippen LogP contribution in [-0.2, 0) is 4.74 Å². The Balaban J connectivity index is 1.64. The van der Waals surface area contributed by atoms with Crippen LogP contribution in [0.25, 0.3) is 0 Å². The van der Waals surface area contributed by atoms with Crippen molar-refractivity contribution in [2.75, 3.05) is 6.61 Å². The van der Waals surface area contributed by atoms with Gasteiger partial charge >= 0.3 is 0 Å².